The molecule has 4 aromatic rings. The molecule has 0 saturated heterocycles. The van der Waals surface area contributed by atoms with Gasteiger partial charge in [-0.25, -0.2) is 9.50 Å². The molecule has 4 rings (SSSR count). The zero-order valence-corrected chi connectivity index (χ0v) is 17.0. The highest BCUT2D eigenvalue weighted by Gasteiger charge is 2.22. The molecular formula is C23H23N5O. The number of rotatable bonds is 4. The summed E-state index contributed by atoms with van der Waals surface area (Å²) in [6.45, 7) is 8.13. The highest BCUT2D eigenvalue weighted by molar-refractivity contribution is 6.06. The van der Waals surface area contributed by atoms with Crippen LogP contribution in [0.4, 0.5) is 5.69 Å². The number of amides is 1. The number of fused-ring (bicyclic) bond motifs is 1. The predicted octanol–water partition coefficient (Wildman–Crippen LogP) is 4.20. The van der Waals surface area contributed by atoms with E-state index in [1.807, 2.05) is 82.3 Å². The molecule has 0 fully saturated rings. The molecule has 146 valence electrons. The number of carbonyl (C=O) groups excluding carboxylic acids is 1. The Balaban J connectivity index is 1.76. The van der Waals surface area contributed by atoms with Gasteiger partial charge in [-0.2, -0.15) is 4.98 Å². The summed E-state index contributed by atoms with van der Waals surface area (Å²) in [7, 11) is 0. The summed E-state index contributed by atoms with van der Waals surface area (Å²) in [6, 6.07) is 17.5. The first-order valence-electron chi connectivity index (χ1n) is 9.56. The quantitative estimate of drug-likeness (QED) is 0.528. The number of hydrogen-bond acceptors (Lipinski definition) is 4. The number of carbonyl (C=O) groups is 1. The molecule has 1 amide bonds. The Kier molecular flexibility index (Phi) is 4.84. The second kappa shape index (κ2) is 7.47. The van der Waals surface area contributed by atoms with Crippen LogP contribution in [0.5, 0.6) is 0 Å². The van der Waals surface area contributed by atoms with Crippen molar-refractivity contribution in [3.05, 3.63) is 88.5 Å². The summed E-state index contributed by atoms with van der Waals surface area (Å²) in [5.74, 6) is 1.02. The van der Waals surface area contributed by atoms with Crippen LogP contribution >= 0.6 is 0 Å². The van der Waals surface area contributed by atoms with Crippen molar-refractivity contribution >= 4 is 17.4 Å². The van der Waals surface area contributed by atoms with Crippen molar-refractivity contribution in [1.82, 2.24) is 19.6 Å². The third-order valence-electron chi connectivity index (χ3n) is 4.93. The van der Waals surface area contributed by atoms with Gasteiger partial charge in [0.1, 0.15) is 0 Å². The monoisotopic (exact) mass is 385 g/mol. The second-order valence-electron chi connectivity index (χ2n) is 7.32. The van der Waals surface area contributed by atoms with Crippen LogP contribution in [0, 0.1) is 27.7 Å². The van der Waals surface area contributed by atoms with Gasteiger partial charge < -0.3 is 4.90 Å². The molecule has 2 aromatic heterocycles. The summed E-state index contributed by atoms with van der Waals surface area (Å²) >= 11 is 0. The van der Waals surface area contributed by atoms with E-state index in [9.17, 15) is 4.79 Å². The van der Waals surface area contributed by atoms with E-state index < -0.39 is 0 Å². The summed E-state index contributed by atoms with van der Waals surface area (Å²) in [5.41, 5.74) is 5.40. The molecule has 0 spiro atoms. The molecule has 0 saturated carbocycles. The smallest absolute Gasteiger partial charge is 0.258 e. The van der Waals surface area contributed by atoms with Crippen molar-refractivity contribution in [1.29, 1.82) is 0 Å². The summed E-state index contributed by atoms with van der Waals surface area (Å²) < 4.78 is 1.72. The van der Waals surface area contributed by atoms with Gasteiger partial charge in [0, 0.05) is 22.6 Å². The third-order valence-corrected chi connectivity index (χ3v) is 4.93. The van der Waals surface area contributed by atoms with Gasteiger partial charge in [0.05, 0.1) is 6.54 Å². The Morgan fingerprint density at radius 1 is 0.966 bits per heavy atom. The normalized spacial score (nSPS) is 11.0. The fraction of sp³-hybridized carbons (Fsp3) is 0.217. The maximum Gasteiger partial charge on any atom is 0.258 e. The molecule has 0 aliphatic heterocycles. The zero-order chi connectivity index (χ0) is 20.5. The molecule has 2 heterocycles. The van der Waals surface area contributed by atoms with Gasteiger partial charge in [-0.15, -0.1) is 5.10 Å². The molecule has 6 nitrogen and oxygen atoms in total. The van der Waals surface area contributed by atoms with Gasteiger partial charge in [0.25, 0.3) is 11.7 Å². The molecule has 2 aromatic carbocycles. The van der Waals surface area contributed by atoms with E-state index in [0.29, 0.717) is 17.2 Å². The van der Waals surface area contributed by atoms with Crippen LogP contribution in [-0.4, -0.2) is 25.5 Å². The van der Waals surface area contributed by atoms with Gasteiger partial charge in [0.2, 0.25) is 0 Å². The summed E-state index contributed by atoms with van der Waals surface area (Å²) in [5, 5.41) is 4.58. The minimum Gasteiger partial charge on any atom is -0.301 e. The topological polar surface area (TPSA) is 63.4 Å². The number of aryl methyl sites for hydroxylation is 4. The summed E-state index contributed by atoms with van der Waals surface area (Å²) in [4.78, 5) is 24.2. The van der Waals surface area contributed by atoms with Crippen molar-refractivity contribution in [3.63, 3.8) is 0 Å². The lowest BCUT2D eigenvalue weighted by Gasteiger charge is -2.22. The van der Waals surface area contributed by atoms with E-state index in [4.69, 9.17) is 0 Å². The third kappa shape index (κ3) is 3.74. The van der Waals surface area contributed by atoms with Crippen LogP contribution in [0.3, 0.4) is 0 Å². The Labute approximate surface area is 169 Å². The molecule has 0 N–H and O–H groups in total. The van der Waals surface area contributed by atoms with Gasteiger partial charge in [-0.3, -0.25) is 4.79 Å². The molecule has 0 unspecified atom stereocenters. The molecule has 0 aliphatic carbocycles. The first kappa shape index (κ1) is 18.8. The fourth-order valence-corrected chi connectivity index (χ4v) is 3.38. The predicted molar refractivity (Wildman–Crippen MR) is 113 cm³/mol. The molecule has 0 bridgehead atoms. The largest absolute Gasteiger partial charge is 0.301 e. The minimum absolute atomic E-state index is 0.0772. The molecule has 0 atom stereocenters. The van der Waals surface area contributed by atoms with Crippen molar-refractivity contribution in [2.75, 3.05) is 4.90 Å². The van der Waals surface area contributed by atoms with Gasteiger partial charge >= 0.3 is 0 Å². The number of hydrogen-bond donors (Lipinski definition) is 0. The standard InChI is InChI=1S/C23H23N5O/c1-15-9-11-19(12-10-15)27(22(29)20-8-6-5-7-16(20)2)14-21-25-23-24-17(3)13-18(4)28(23)26-21/h5-13H,14H2,1-4H3. The van der Waals surface area contributed by atoms with Crippen molar-refractivity contribution < 1.29 is 4.79 Å². The van der Waals surface area contributed by atoms with Gasteiger partial charge in [-0.05, 0) is 57.5 Å². The lowest BCUT2D eigenvalue weighted by molar-refractivity contribution is 0.0984. The highest BCUT2D eigenvalue weighted by Crippen LogP contribution is 2.22. The van der Waals surface area contributed by atoms with E-state index >= 15 is 0 Å². The molecular weight excluding hydrogens is 362 g/mol. The van der Waals surface area contributed by atoms with Crippen molar-refractivity contribution in [2.24, 2.45) is 0 Å². The Bertz CT molecular complexity index is 1190. The maximum atomic E-state index is 13.4. The van der Waals surface area contributed by atoms with E-state index in [0.717, 1.165) is 28.2 Å². The van der Waals surface area contributed by atoms with E-state index in [2.05, 4.69) is 15.1 Å². The number of aromatic nitrogens is 4. The Morgan fingerprint density at radius 2 is 1.69 bits per heavy atom. The van der Waals surface area contributed by atoms with Crippen LogP contribution in [0.1, 0.15) is 38.7 Å². The van der Waals surface area contributed by atoms with E-state index in [1.165, 1.54) is 0 Å². The minimum atomic E-state index is -0.0772. The van der Waals surface area contributed by atoms with Gasteiger partial charge in [0.15, 0.2) is 5.82 Å². The first-order chi connectivity index (χ1) is 13.9. The van der Waals surface area contributed by atoms with Crippen molar-refractivity contribution in [2.45, 2.75) is 34.2 Å². The zero-order valence-electron chi connectivity index (χ0n) is 17.0. The second-order valence-corrected chi connectivity index (χ2v) is 7.32. The maximum absolute atomic E-state index is 13.4. The Hall–Kier alpha value is -3.54. The van der Waals surface area contributed by atoms with Crippen LogP contribution in [-0.2, 0) is 6.54 Å². The lowest BCUT2D eigenvalue weighted by atomic mass is 10.1. The highest BCUT2D eigenvalue weighted by atomic mass is 16.2. The molecule has 0 radical (unpaired) electrons. The summed E-state index contributed by atoms with van der Waals surface area (Å²) in [6.07, 6.45) is 0. The molecule has 29 heavy (non-hydrogen) atoms. The fourth-order valence-electron chi connectivity index (χ4n) is 3.38. The number of nitrogens with zero attached hydrogens (tertiary/aromatic N) is 5. The average molecular weight is 385 g/mol. The van der Waals surface area contributed by atoms with E-state index in [1.54, 1.807) is 9.42 Å². The van der Waals surface area contributed by atoms with Crippen molar-refractivity contribution in [3.8, 4) is 0 Å². The van der Waals surface area contributed by atoms with Gasteiger partial charge in [-0.1, -0.05) is 35.9 Å². The van der Waals surface area contributed by atoms with E-state index in [-0.39, 0.29) is 12.5 Å². The van der Waals surface area contributed by atoms with Crippen LogP contribution in [0.2, 0.25) is 0 Å². The number of benzene rings is 2. The molecule has 0 aliphatic rings. The van der Waals surface area contributed by atoms with Crippen LogP contribution in [0.15, 0.2) is 54.6 Å². The van der Waals surface area contributed by atoms with Crippen LogP contribution in [0.25, 0.3) is 5.78 Å². The van der Waals surface area contributed by atoms with Crippen LogP contribution < -0.4 is 4.90 Å². The number of anilines is 1. The molecule has 6 heteroatoms. The SMILES string of the molecule is Cc1ccc(N(Cc2nc3nc(C)cc(C)n3n2)C(=O)c2ccccc2C)cc1. The average Bonchev–Trinajstić information content (AvgIpc) is 3.10. The lowest BCUT2D eigenvalue weighted by Crippen LogP contribution is -2.31. The first-order valence-corrected chi connectivity index (χ1v) is 9.56. The Morgan fingerprint density at radius 3 is 2.41 bits per heavy atom.